The van der Waals surface area contributed by atoms with E-state index in [1.165, 1.54) is 47.1 Å². The van der Waals surface area contributed by atoms with Gasteiger partial charge in [-0.1, -0.05) is 206 Å². The Morgan fingerprint density at radius 3 is 0.877 bits per heavy atom. The molecule has 0 radical (unpaired) electrons. The molecule has 0 aliphatic carbocycles. The molecule has 0 N–H and O–H groups in total. The zero-order chi connectivity index (χ0) is 45.3. The van der Waals surface area contributed by atoms with Crippen molar-refractivity contribution in [3.63, 3.8) is 0 Å². The fraction of sp³-hybridized carbons (Fsp3) is 0.0508. The molecule has 9 aromatic rings. The highest BCUT2D eigenvalue weighted by molar-refractivity contribution is 6.09. The van der Waals surface area contributed by atoms with Gasteiger partial charge in [0, 0.05) is 11.1 Å². The van der Waals surface area contributed by atoms with E-state index in [2.05, 4.69) is 79.7 Å². The highest BCUT2D eigenvalue weighted by Crippen LogP contribution is 2.33. The van der Waals surface area contributed by atoms with Crippen molar-refractivity contribution in [3.05, 3.63) is 252 Å². The van der Waals surface area contributed by atoms with Crippen LogP contribution in [0.4, 0.5) is 13.2 Å². The minimum absolute atomic E-state index is 0.00256. The molecule has 3 nitrogen and oxygen atoms in total. The second-order valence-corrected chi connectivity index (χ2v) is 15.6. The quantitative estimate of drug-likeness (QED) is 0.107. The van der Waals surface area contributed by atoms with Gasteiger partial charge < -0.3 is 4.74 Å². The summed E-state index contributed by atoms with van der Waals surface area (Å²) < 4.78 is 43.1. The van der Waals surface area contributed by atoms with E-state index in [0.29, 0.717) is 16.7 Å². The lowest BCUT2D eigenvalue weighted by Crippen LogP contribution is -2.03. The van der Waals surface area contributed by atoms with Gasteiger partial charge in [0.05, 0.1) is 18.2 Å². The molecule has 9 rings (SSSR count). The zero-order valence-corrected chi connectivity index (χ0v) is 35.7. The first-order valence-electron chi connectivity index (χ1n) is 21.1. The number of carbonyl (C=O) groups excluding carboxylic acids is 2. The van der Waals surface area contributed by atoms with E-state index < -0.39 is 11.7 Å². The number of aryl methyl sites for hydroxylation is 1. The molecule has 0 aliphatic rings. The number of esters is 1. The molecule has 318 valence electrons. The SMILES string of the molecule is COC(=O)c1ccc(-c2ccc(-c3ccc(-c4ccc(C)cc4)cc3)cc2)cc1.O=C(c1ccccc1)c1ccc(-c2ccc(-c3ccc(-c4ccc(C(F)(F)F)cc4)cc3)cc2)cc1. The summed E-state index contributed by atoms with van der Waals surface area (Å²) in [7, 11) is 1.39. The summed E-state index contributed by atoms with van der Waals surface area (Å²) in [5.74, 6) is -0.321. The van der Waals surface area contributed by atoms with E-state index in [9.17, 15) is 22.8 Å². The fourth-order valence-electron chi connectivity index (χ4n) is 7.51. The topological polar surface area (TPSA) is 43.4 Å². The maximum Gasteiger partial charge on any atom is 0.416 e. The highest BCUT2D eigenvalue weighted by Gasteiger charge is 2.30. The molecule has 0 aliphatic heterocycles. The lowest BCUT2D eigenvalue weighted by Gasteiger charge is -2.09. The van der Waals surface area contributed by atoms with Gasteiger partial charge >= 0.3 is 12.1 Å². The maximum atomic E-state index is 12.8. The van der Waals surface area contributed by atoms with Crippen molar-refractivity contribution in [3.8, 4) is 66.8 Å². The predicted molar refractivity (Wildman–Crippen MR) is 256 cm³/mol. The molecule has 0 saturated heterocycles. The number of hydrogen-bond donors (Lipinski definition) is 0. The summed E-state index contributed by atoms with van der Waals surface area (Å²) >= 11 is 0. The number of ketones is 1. The molecule has 0 fully saturated rings. The molecule has 0 saturated carbocycles. The van der Waals surface area contributed by atoms with Crippen molar-refractivity contribution in [2.75, 3.05) is 7.11 Å². The van der Waals surface area contributed by atoms with Crippen molar-refractivity contribution in [2.45, 2.75) is 13.1 Å². The van der Waals surface area contributed by atoms with E-state index >= 15 is 0 Å². The Morgan fingerprint density at radius 1 is 0.338 bits per heavy atom. The van der Waals surface area contributed by atoms with E-state index in [0.717, 1.165) is 56.6 Å². The Labute approximate surface area is 377 Å². The monoisotopic (exact) mass is 856 g/mol. The van der Waals surface area contributed by atoms with Crippen molar-refractivity contribution >= 4 is 11.8 Å². The van der Waals surface area contributed by atoms with Crippen LogP contribution in [0.2, 0.25) is 0 Å². The third-order valence-electron chi connectivity index (χ3n) is 11.3. The summed E-state index contributed by atoms with van der Waals surface area (Å²) in [6.07, 6.45) is -4.34. The normalized spacial score (nSPS) is 11.0. The van der Waals surface area contributed by atoms with Gasteiger partial charge in [0.15, 0.2) is 5.78 Å². The van der Waals surface area contributed by atoms with Crippen molar-refractivity contribution < 1.29 is 27.5 Å². The number of benzene rings is 9. The van der Waals surface area contributed by atoms with Gasteiger partial charge in [-0.05, 0) is 98.0 Å². The summed E-state index contributed by atoms with van der Waals surface area (Å²) in [6.45, 7) is 2.10. The number of carbonyl (C=O) groups is 2. The summed E-state index contributed by atoms with van der Waals surface area (Å²) in [4.78, 5) is 24.2. The first kappa shape index (κ1) is 43.6. The van der Waals surface area contributed by atoms with Gasteiger partial charge in [0.2, 0.25) is 0 Å². The lowest BCUT2D eigenvalue weighted by molar-refractivity contribution is -0.137. The van der Waals surface area contributed by atoms with Crippen LogP contribution in [0.25, 0.3) is 66.8 Å². The Kier molecular flexibility index (Phi) is 13.1. The number of methoxy groups -OCH3 is 1. The number of alkyl halides is 3. The first-order valence-corrected chi connectivity index (χ1v) is 21.1. The summed E-state index contributed by atoms with van der Waals surface area (Å²) in [5.41, 5.74) is 15.2. The minimum Gasteiger partial charge on any atom is -0.465 e. The third-order valence-corrected chi connectivity index (χ3v) is 11.3. The number of rotatable bonds is 9. The van der Waals surface area contributed by atoms with Crippen LogP contribution in [0.15, 0.2) is 224 Å². The lowest BCUT2D eigenvalue weighted by atomic mass is 9.96. The molecular weight excluding hydrogens is 814 g/mol. The van der Waals surface area contributed by atoms with Gasteiger partial charge in [-0.3, -0.25) is 4.79 Å². The molecule has 0 unspecified atom stereocenters. The number of halogens is 3. The predicted octanol–water partition coefficient (Wildman–Crippen LogP) is 15.7. The molecule has 0 atom stereocenters. The van der Waals surface area contributed by atoms with Gasteiger partial charge in [-0.25, -0.2) is 4.79 Å². The van der Waals surface area contributed by atoms with Crippen LogP contribution >= 0.6 is 0 Å². The van der Waals surface area contributed by atoms with Crippen LogP contribution in [-0.4, -0.2) is 18.9 Å². The van der Waals surface area contributed by atoms with Crippen LogP contribution in [-0.2, 0) is 10.9 Å². The Balaban J connectivity index is 0.000000181. The Bertz CT molecular complexity index is 2990. The maximum absolute atomic E-state index is 12.8. The van der Waals surface area contributed by atoms with E-state index in [4.69, 9.17) is 4.74 Å². The van der Waals surface area contributed by atoms with E-state index in [-0.39, 0.29) is 11.8 Å². The zero-order valence-electron chi connectivity index (χ0n) is 35.7. The average Bonchev–Trinajstić information content (AvgIpc) is 3.37. The minimum atomic E-state index is -4.34. The Hall–Kier alpha value is -8.09. The fourth-order valence-corrected chi connectivity index (χ4v) is 7.51. The molecule has 0 aromatic heterocycles. The molecule has 65 heavy (non-hydrogen) atoms. The van der Waals surface area contributed by atoms with Crippen LogP contribution in [0.5, 0.6) is 0 Å². The van der Waals surface area contributed by atoms with Gasteiger partial charge in [0.1, 0.15) is 0 Å². The van der Waals surface area contributed by atoms with Crippen LogP contribution in [0, 0.1) is 6.92 Å². The molecule has 0 amide bonds. The number of ether oxygens (including phenoxy) is 1. The Morgan fingerprint density at radius 2 is 0.585 bits per heavy atom. The smallest absolute Gasteiger partial charge is 0.416 e. The molecular formula is C59H43F3O3. The summed E-state index contributed by atoms with van der Waals surface area (Å²) in [6, 6.07) is 71.1. The molecule has 6 heteroatoms. The van der Waals surface area contributed by atoms with E-state index in [1.54, 1.807) is 12.1 Å². The number of hydrogen-bond acceptors (Lipinski definition) is 3. The second kappa shape index (κ2) is 19.5. The third kappa shape index (κ3) is 10.6. The summed E-state index contributed by atoms with van der Waals surface area (Å²) in [5, 5.41) is 0. The van der Waals surface area contributed by atoms with Gasteiger partial charge in [0.25, 0.3) is 0 Å². The second-order valence-electron chi connectivity index (χ2n) is 15.6. The van der Waals surface area contributed by atoms with E-state index in [1.807, 2.05) is 115 Å². The van der Waals surface area contributed by atoms with Crippen molar-refractivity contribution in [1.82, 2.24) is 0 Å². The molecule has 9 aromatic carbocycles. The molecule has 0 heterocycles. The van der Waals surface area contributed by atoms with Crippen LogP contribution in [0.1, 0.15) is 37.4 Å². The van der Waals surface area contributed by atoms with Crippen molar-refractivity contribution in [1.29, 1.82) is 0 Å². The van der Waals surface area contributed by atoms with Crippen molar-refractivity contribution in [2.24, 2.45) is 0 Å². The van der Waals surface area contributed by atoms with Gasteiger partial charge in [-0.2, -0.15) is 13.2 Å². The van der Waals surface area contributed by atoms with Crippen LogP contribution in [0.3, 0.4) is 0 Å². The van der Waals surface area contributed by atoms with Crippen LogP contribution < -0.4 is 0 Å². The highest BCUT2D eigenvalue weighted by atomic mass is 19.4. The standard InChI is InChI=1S/C32H21F3O.C27H22O2/c33-32(34,35)30-20-18-27(19-21-30)25-12-10-23(11-13-25)22-6-8-24(9-7-22)26-14-16-29(17-15-26)31(36)28-4-2-1-3-5-28;1-19-3-5-20(6-4-19)21-7-9-22(10-8-21)23-11-13-24(14-12-23)25-15-17-26(18-16-25)27(28)29-2/h1-21H;3-18H,1-2H3. The average molecular weight is 857 g/mol. The molecule has 0 bridgehead atoms. The largest absolute Gasteiger partial charge is 0.465 e. The van der Waals surface area contributed by atoms with Gasteiger partial charge in [-0.15, -0.1) is 0 Å². The molecule has 0 spiro atoms. The first-order chi connectivity index (χ1) is 31.5.